The molecular weight excluding hydrogens is 483 g/mol. The summed E-state index contributed by atoms with van der Waals surface area (Å²) in [5, 5.41) is 3.23. The van der Waals surface area contributed by atoms with E-state index < -0.39 is 23.5 Å². The lowest BCUT2D eigenvalue weighted by atomic mass is 10.1. The molecule has 0 fully saturated rings. The summed E-state index contributed by atoms with van der Waals surface area (Å²) in [7, 11) is 2.96. The van der Waals surface area contributed by atoms with E-state index in [0.717, 1.165) is 0 Å². The highest BCUT2D eigenvalue weighted by molar-refractivity contribution is 5.92. The minimum Gasteiger partial charge on any atom is -0.493 e. The maximum atomic E-state index is 12.9. The van der Waals surface area contributed by atoms with Crippen molar-refractivity contribution in [3.05, 3.63) is 45.4 Å². The topological polar surface area (TPSA) is 128 Å². The van der Waals surface area contributed by atoms with Crippen LogP contribution in [0, 0.1) is 20.8 Å². The number of halogens is 3. The molecule has 0 aliphatic heterocycles. The molecule has 0 spiro atoms. The summed E-state index contributed by atoms with van der Waals surface area (Å²) >= 11 is 0. The number of hydrogen-bond donors (Lipinski definition) is 2. The number of esters is 1. The van der Waals surface area contributed by atoms with Crippen LogP contribution >= 0.6 is 0 Å². The van der Waals surface area contributed by atoms with Crippen molar-refractivity contribution in [3.63, 3.8) is 0 Å². The highest BCUT2D eigenvalue weighted by Gasteiger charge is 2.42. The number of aryl methyl sites for hydroxylation is 3. The number of anilines is 2. The number of carbonyl (C=O) groups is 1. The molecule has 0 radical (unpaired) electrons. The Morgan fingerprint density at radius 2 is 1.69 bits per heavy atom. The number of rotatable bonds is 5. The summed E-state index contributed by atoms with van der Waals surface area (Å²) < 4.78 is 53.6. The Morgan fingerprint density at radius 3 is 2.33 bits per heavy atom. The molecule has 10 nitrogen and oxygen atoms in total. The van der Waals surface area contributed by atoms with Crippen molar-refractivity contribution in [1.29, 1.82) is 0 Å². The predicted octanol–water partition coefficient (Wildman–Crippen LogP) is 4.02. The molecule has 0 atom stereocenters. The third-order valence-electron chi connectivity index (χ3n) is 5.37. The zero-order valence-electron chi connectivity index (χ0n) is 19.7. The standard InChI is InChI=1S/C23H20F3N5O5/c1-9-8-10(2)17(36-20(33)23(24,25)26)14-15(9)28-22(30-19(14)32)31-21-27-11(3)12-6-7-13(34-4)18(35-5)16(12)29-21/h6-8H,1-5H3,(H2,27,28,29,30,31,32). The normalized spacial score (nSPS) is 11.6. The van der Waals surface area contributed by atoms with Gasteiger partial charge in [0.25, 0.3) is 5.56 Å². The quantitative estimate of drug-likeness (QED) is 0.306. The second-order valence-electron chi connectivity index (χ2n) is 7.82. The van der Waals surface area contributed by atoms with Crippen LogP contribution in [0.3, 0.4) is 0 Å². The fourth-order valence-electron chi connectivity index (χ4n) is 3.79. The van der Waals surface area contributed by atoms with E-state index in [1.165, 1.54) is 27.2 Å². The van der Waals surface area contributed by atoms with Gasteiger partial charge in [0.1, 0.15) is 16.7 Å². The van der Waals surface area contributed by atoms with Crippen LogP contribution in [0.5, 0.6) is 17.2 Å². The van der Waals surface area contributed by atoms with E-state index in [-0.39, 0.29) is 28.4 Å². The number of ether oxygens (including phenoxy) is 3. The fraction of sp³-hybridized carbons (Fsp3) is 0.261. The summed E-state index contributed by atoms with van der Waals surface area (Å²) in [6, 6.07) is 4.97. The molecule has 0 bridgehead atoms. The van der Waals surface area contributed by atoms with Gasteiger partial charge in [-0.05, 0) is 44.0 Å². The first kappa shape index (κ1) is 24.7. The van der Waals surface area contributed by atoms with Crippen molar-refractivity contribution in [3.8, 4) is 17.2 Å². The molecule has 0 unspecified atom stereocenters. The lowest BCUT2D eigenvalue weighted by Crippen LogP contribution is -2.29. The molecule has 0 aliphatic rings. The lowest BCUT2D eigenvalue weighted by Gasteiger charge is -2.14. The summed E-state index contributed by atoms with van der Waals surface area (Å²) in [5.41, 5.74) is 0.901. The van der Waals surface area contributed by atoms with Gasteiger partial charge in [0.05, 0.1) is 25.4 Å². The number of H-pyrrole nitrogens is 1. The largest absolute Gasteiger partial charge is 0.493 e. The van der Waals surface area contributed by atoms with Crippen LogP contribution < -0.4 is 25.1 Å². The number of aromatic nitrogens is 4. The molecule has 0 saturated carbocycles. The molecule has 2 N–H and O–H groups in total. The Kier molecular flexibility index (Phi) is 6.16. The Balaban J connectivity index is 1.83. The van der Waals surface area contributed by atoms with Crippen molar-refractivity contribution in [2.45, 2.75) is 26.9 Å². The van der Waals surface area contributed by atoms with Gasteiger partial charge in [-0.1, -0.05) is 6.07 Å². The molecule has 2 heterocycles. The first-order valence-electron chi connectivity index (χ1n) is 10.4. The highest BCUT2D eigenvalue weighted by Crippen LogP contribution is 2.36. The SMILES string of the molecule is COc1ccc2c(C)nc(Nc3nc4c(C)cc(C)c(OC(=O)C(F)(F)F)c4c(=O)[nH]3)nc2c1OC. The highest BCUT2D eigenvalue weighted by atomic mass is 19.4. The third-order valence-corrected chi connectivity index (χ3v) is 5.37. The number of nitrogens with zero attached hydrogens (tertiary/aromatic N) is 3. The van der Waals surface area contributed by atoms with Gasteiger partial charge in [-0.25, -0.2) is 19.7 Å². The molecule has 36 heavy (non-hydrogen) atoms. The van der Waals surface area contributed by atoms with Crippen LogP contribution in [0.2, 0.25) is 0 Å². The van der Waals surface area contributed by atoms with Crippen LogP contribution in [-0.4, -0.2) is 46.3 Å². The molecule has 4 rings (SSSR count). The Hall–Kier alpha value is -4.42. The molecular formula is C23H20F3N5O5. The number of alkyl halides is 3. The van der Waals surface area contributed by atoms with E-state index >= 15 is 0 Å². The smallest absolute Gasteiger partial charge is 0.491 e. The molecule has 0 amide bonds. The van der Waals surface area contributed by atoms with Gasteiger partial charge in [0.2, 0.25) is 11.9 Å². The average molecular weight is 503 g/mol. The zero-order chi connectivity index (χ0) is 26.4. The number of benzene rings is 2. The van der Waals surface area contributed by atoms with E-state index in [0.29, 0.717) is 33.7 Å². The van der Waals surface area contributed by atoms with Crippen molar-refractivity contribution >= 4 is 39.7 Å². The first-order chi connectivity index (χ1) is 16.9. The predicted molar refractivity (Wildman–Crippen MR) is 124 cm³/mol. The molecule has 2 aromatic heterocycles. The zero-order valence-corrected chi connectivity index (χ0v) is 19.7. The summed E-state index contributed by atoms with van der Waals surface area (Å²) in [4.78, 5) is 40.0. The van der Waals surface area contributed by atoms with Crippen LogP contribution in [0.25, 0.3) is 21.8 Å². The maximum Gasteiger partial charge on any atom is 0.491 e. The molecule has 0 saturated heterocycles. The summed E-state index contributed by atoms with van der Waals surface area (Å²) in [6.07, 6.45) is -5.24. The van der Waals surface area contributed by atoms with Crippen molar-refractivity contribution < 1.29 is 32.2 Å². The van der Waals surface area contributed by atoms with Crippen LogP contribution in [0.4, 0.5) is 25.1 Å². The Morgan fingerprint density at radius 1 is 0.972 bits per heavy atom. The van der Waals surface area contributed by atoms with E-state index in [1.54, 1.807) is 26.0 Å². The van der Waals surface area contributed by atoms with Crippen LogP contribution in [0.1, 0.15) is 16.8 Å². The van der Waals surface area contributed by atoms with E-state index in [2.05, 4.69) is 30.0 Å². The first-order valence-corrected chi connectivity index (χ1v) is 10.4. The molecule has 188 valence electrons. The number of aromatic amines is 1. The molecule has 4 aromatic rings. The maximum absolute atomic E-state index is 12.9. The average Bonchev–Trinajstić information content (AvgIpc) is 2.80. The molecule has 0 aliphatic carbocycles. The Labute approximate surface area is 201 Å². The number of nitrogens with one attached hydrogen (secondary N) is 2. The number of hydrogen-bond acceptors (Lipinski definition) is 9. The van der Waals surface area contributed by atoms with Gasteiger partial charge in [-0.2, -0.15) is 13.2 Å². The van der Waals surface area contributed by atoms with Crippen LogP contribution in [-0.2, 0) is 4.79 Å². The van der Waals surface area contributed by atoms with E-state index in [9.17, 15) is 22.8 Å². The van der Waals surface area contributed by atoms with Crippen molar-refractivity contribution in [2.24, 2.45) is 0 Å². The number of carbonyl (C=O) groups excluding carboxylic acids is 1. The fourth-order valence-corrected chi connectivity index (χ4v) is 3.79. The second kappa shape index (κ2) is 8.98. The monoisotopic (exact) mass is 503 g/mol. The van der Waals surface area contributed by atoms with E-state index in [1.807, 2.05) is 0 Å². The molecule has 2 aromatic carbocycles. The second-order valence-corrected chi connectivity index (χ2v) is 7.82. The van der Waals surface area contributed by atoms with Crippen molar-refractivity contribution in [1.82, 2.24) is 19.9 Å². The summed E-state index contributed by atoms with van der Waals surface area (Å²) in [6.45, 7) is 4.80. The summed E-state index contributed by atoms with van der Waals surface area (Å²) in [5.74, 6) is -2.13. The van der Waals surface area contributed by atoms with Gasteiger partial charge >= 0.3 is 12.1 Å². The van der Waals surface area contributed by atoms with Gasteiger partial charge < -0.3 is 14.2 Å². The van der Waals surface area contributed by atoms with Gasteiger partial charge in [0.15, 0.2) is 11.5 Å². The van der Waals surface area contributed by atoms with Gasteiger partial charge in [-0.15, -0.1) is 0 Å². The minimum atomic E-state index is -5.24. The Bertz CT molecular complexity index is 1580. The van der Waals surface area contributed by atoms with E-state index in [4.69, 9.17) is 9.47 Å². The molecule has 13 heteroatoms. The third kappa shape index (κ3) is 4.34. The lowest BCUT2D eigenvalue weighted by molar-refractivity contribution is -0.189. The van der Waals surface area contributed by atoms with Gasteiger partial charge in [-0.3, -0.25) is 15.1 Å². The van der Waals surface area contributed by atoms with Crippen LogP contribution in [0.15, 0.2) is 23.0 Å². The number of fused-ring (bicyclic) bond motifs is 2. The number of methoxy groups -OCH3 is 2. The minimum absolute atomic E-state index is 0.0357. The van der Waals surface area contributed by atoms with Gasteiger partial charge in [0, 0.05) is 5.39 Å². The van der Waals surface area contributed by atoms with Crippen molar-refractivity contribution in [2.75, 3.05) is 19.5 Å².